The van der Waals surface area contributed by atoms with Gasteiger partial charge in [-0.15, -0.1) is 0 Å². The van der Waals surface area contributed by atoms with Gasteiger partial charge in [-0.2, -0.15) is 0 Å². The van der Waals surface area contributed by atoms with Crippen LogP contribution in [0.15, 0.2) is 18.2 Å². The molecule has 9 atom stereocenters. The number of carboxylic acid groups (broad SMARTS) is 1. The van der Waals surface area contributed by atoms with E-state index in [9.17, 15) is 39.9 Å². The number of amides is 2. The number of phenols is 1. The summed E-state index contributed by atoms with van der Waals surface area (Å²) >= 11 is 0. The van der Waals surface area contributed by atoms with Crippen molar-refractivity contribution in [3.8, 4) is 5.75 Å². The first-order chi connectivity index (χ1) is 17.5. The summed E-state index contributed by atoms with van der Waals surface area (Å²) < 4.78 is 21.8. The molecular weight excluding hydrogens is 500 g/mol. The Morgan fingerprint density at radius 3 is 2.38 bits per heavy atom. The summed E-state index contributed by atoms with van der Waals surface area (Å²) in [6.07, 6.45) is -11.9. The Balaban J connectivity index is 1.81. The number of aliphatic hydroxyl groups excluding tert-OH is 4. The van der Waals surface area contributed by atoms with Gasteiger partial charge in [-0.25, -0.2) is 4.79 Å². The van der Waals surface area contributed by atoms with Crippen LogP contribution in [0.25, 0.3) is 0 Å². The minimum Gasteiger partial charge on any atom is -0.507 e. The van der Waals surface area contributed by atoms with Crippen LogP contribution in [0, 0.1) is 0 Å². The lowest BCUT2D eigenvalue weighted by molar-refractivity contribution is -0.321. The number of carboxylic acids is 1. The maximum atomic E-state index is 13.0. The monoisotopic (exact) mass is 530 g/mol. The van der Waals surface area contributed by atoms with Gasteiger partial charge in [0.05, 0.1) is 19.3 Å². The minimum absolute atomic E-state index is 0.000365. The van der Waals surface area contributed by atoms with Crippen LogP contribution in [0.4, 0.5) is 5.69 Å². The van der Waals surface area contributed by atoms with E-state index in [4.69, 9.17) is 24.1 Å². The van der Waals surface area contributed by atoms with Gasteiger partial charge in [-0.05, 0) is 12.1 Å². The first-order valence-corrected chi connectivity index (χ1v) is 11.2. The SMILES string of the molecule is CO[C@H]1[C@H](O)[C@@H](O)[C@H](O[C@H]2[C@H](O)[C@@H](CO)OC[C@@H]2NC(C)=O)O[C@@H]1C(=O)Nc1ccc(C(=O)O)c(O)c1. The maximum Gasteiger partial charge on any atom is 0.339 e. The van der Waals surface area contributed by atoms with E-state index in [1.165, 1.54) is 20.1 Å². The predicted octanol–water partition coefficient (Wildman–Crippen LogP) is -2.87. The van der Waals surface area contributed by atoms with E-state index in [-0.39, 0.29) is 12.3 Å². The van der Waals surface area contributed by atoms with E-state index in [1.807, 2.05) is 0 Å². The Morgan fingerprint density at radius 1 is 1.11 bits per heavy atom. The van der Waals surface area contributed by atoms with Crippen LogP contribution in [-0.4, -0.2) is 124 Å². The molecule has 0 bridgehead atoms. The molecule has 2 fully saturated rings. The van der Waals surface area contributed by atoms with E-state index in [0.717, 1.165) is 12.1 Å². The highest BCUT2D eigenvalue weighted by atomic mass is 16.7. The fraction of sp³-hybridized carbons (Fsp3) is 0.591. The summed E-state index contributed by atoms with van der Waals surface area (Å²) in [5.41, 5.74) is -0.390. The Bertz CT molecular complexity index is 991. The number of nitrogens with one attached hydrogen (secondary N) is 2. The van der Waals surface area contributed by atoms with Crippen molar-refractivity contribution in [2.24, 2.45) is 0 Å². The highest BCUT2D eigenvalue weighted by Crippen LogP contribution is 2.29. The van der Waals surface area contributed by atoms with E-state index >= 15 is 0 Å². The second kappa shape index (κ2) is 12.1. The summed E-state index contributed by atoms with van der Waals surface area (Å²) in [6.45, 7) is 0.495. The molecule has 2 heterocycles. The van der Waals surface area contributed by atoms with Crippen molar-refractivity contribution >= 4 is 23.5 Å². The third kappa shape index (κ3) is 6.34. The number of rotatable bonds is 8. The molecule has 206 valence electrons. The van der Waals surface area contributed by atoms with Crippen LogP contribution in [0.1, 0.15) is 17.3 Å². The van der Waals surface area contributed by atoms with Gasteiger partial charge in [-0.1, -0.05) is 0 Å². The van der Waals surface area contributed by atoms with Crippen molar-refractivity contribution in [3.63, 3.8) is 0 Å². The van der Waals surface area contributed by atoms with E-state index in [0.29, 0.717) is 0 Å². The minimum atomic E-state index is -1.76. The number of benzene rings is 1. The molecular formula is C22H30N2O13. The summed E-state index contributed by atoms with van der Waals surface area (Å²) in [6, 6.07) is 2.36. The Hall–Kier alpha value is -2.89. The lowest BCUT2D eigenvalue weighted by Crippen LogP contribution is -2.66. The molecule has 15 nitrogen and oxygen atoms in total. The molecule has 0 spiro atoms. The molecule has 1 aromatic rings. The third-order valence-electron chi connectivity index (χ3n) is 6.03. The molecule has 2 aliphatic heterocycles. The highest BCUT2D eigenvalue weighted by molar-refractivity contribution is 5.96. The maximum absolute atomic E-state index is 13.0. The van der Waals surface area contributed by atoms with Gasteiger partial charge in [-0.3, -0.25) is 9.59 Å². The zero-order valence-electron chi connectivity index (χ0n) is 19.9. The molecule has 2 amide bonds. The Kier molecular flexibility index (Phi) is 9.38. The van der Waals surface area contributed by atoms with Crippen LogP contribution >= 0.6 is 0 Å². The van der Waals surface area contributed by atoms with Crippen LogP contribution in [-0.2, 0) is 28.5 Å². The van der Waals surface area contributed by atoms with Gasteiger partial charge in [0.25, 0.3) is 5.91 Å². The second-order valence-electron chi connectivity index (χ2n) is 8.59. The lowest BCUT2D eigenvalue weighted by atomic mass is 9.96. The number of aromatic carboxylic acids is 1. The number of aliphatic hydroxyl groups is 4. The first-order valence-electron chi connectivity index (χ1n) is 11.2. The first kappa shape index (κ1) is 28.7. The standard InChI is InChI=1S/C22H30N2O13/c1-8(26)23-11-7-35-13(6-25)14(28)17(11)36-22-16(30)15(29)18(34-2)19(37-22)20(31)24-9-3-4-10(21(32)33)12(27)5-9/h3-5,11,13-19,22,25,27-30H,6-7H2,1-2H3,(H,23,26)(H,24,31)(H,32,33)/t11-,13+,14+,15+,16+,17+,18-,19-,22+/m0/s1. The van der Waals surface area contributed by atoms with E-state index < -0.39 is 90.8 Å². The molecule has 0 saturated carbocycles. The van der Waals surface area contributed by atoms with Crippen molar-refractivity contribution in [1.29, 1.82) is 0 Å². The third-order valence-corrected chi connectivity index (χ3v) is 6.03. The molecule has 0 radical (unpaired) electrons. The molecule has 2 saturated heterocycles. The smallest absolute Gasteiger partial charge is 0.339 e. The van der Waals surface area contributed by atoms with Gasteiger partial charge in [0.1, 0.15) is 47.9 Å². The number of hydrogen-bond donors (Lipinski definition) is 8. The van der Waals surface area contributed by atoms with Crippen LogP contribution in [0.3, 0.4) is 0 Å². The van der Waals surface area contributed by atoms with Crippen LogP contribution in [0.2, 0.25) is 0 Å². The fourth-order valence-electron chi connectivity index (χ4n) is 4.17. The zero-order valence-corrected chi connectivity index (χ0v) is 19.9. The van der Waals surface area contributed by atoms with Gasteiger partial charge in [0, 0.05) is 25.8 Å². The van der Waals surface area contributed by atoms with E-state index in [2.05, 4.69) is 10.6 Å². The van der Waals surface area contributed by atoms with Gasteiger partial charge < -0.3 is 60.2 Å². The predicted molar refractivity (Wildman–Crippen MR) is 120 cm³/mol. The quantitative estimate of drug-likeness (QED) is 0.169. The number of carbonyl (C=O) groups is 3. The Morgan fingerprint density at radius 2 is 1.81 bits per heavy atom. The molecule has 0 unspecified atom stereocenters. The lowest BCUT2D eigenvalue weighted by Gasteiger charge is -2.45. The second-order valence-corrected chi connectivity index (χ2v) is 8.59. The average Bonchev–Trinajstić information content (AvgIpc) is 2.83. The van der Waals surface area contributed by atoms with Crippen molar-refractivity contribution in [2.75, 3.05) is 25.6 Å². The summed E-state index contributed by atoms with van der Waals surface area (Å²) in [7, 11) is 1.17. The topological polar surface area (TPSA) is 234 Å². The van der Waals surface area contributed by atoms with Gasteiger partial charge in [0.2, 0.25) is 5.91 Å². The number of hydrogen-bond acceptors (Lipinski definition) is 12. The normalized spacial score (nSPS) is 33.9. The number of methoxy groups -OCH3 is 1. The summed E-state index contributed by atoms with van der Waals surface area (Å²) in [5, 5.41) is 65.1. The highest BCUT2D eigenvalue weighted by Gasteiger charge is 2.51. The van der Waals surface area contributed by atoms with Crippen molar-refractivity contribution < 1.29 is 64.0 Å². The number of ether oxygens (including phenoxy) is 4. The van der Waals surface area contributed by atoms with Crippen molar-refractivity contribution in [1.82, 2.24) is 5.32 Å². The molecule has 8 N–H and O–H groups in total. The molecule has 0 aliphatic carbocycles. The number of aromatic hydroxyl groups is 1. The fourth-order valence-corrected chi connectivity index (χ4v) is 4.17. The summed E-state index contributed by atoms with van der Waals surface area (Å²) in [5.74, 6) is -3.35. The zero-order chi connectivity index (χ0) is 27.4. The molecule has 0 aromatic heterocycles. The van der Waals surface area contributed by atoms with E-state index in [1.54, 1.807) is 0 Å². The number of carbonyl (C=O) groups excluding carboxylic acids is 2. The van der Waals surface area contributed by atoms with Crippen LogP contribution < -0.4 is 10.6 Å². The molecule has 2 aliphatic rings. The molecule has 1 aromatic carbocycles. The molecule has 37 heavy (non-hydrogen) atoms. The molecule has 3 rings (SSSR count). The number of anilines is 1. The summed E-state index contributed by atoms with van der Waals surface area (Å²) in [4.78, 5) is 35.7. The van der Waals surface area contributed by atoms with Crippen molar-refractivity contribution in [2.45, 2.75) is 62.0 Å². The van der Waals surface area contributed by atoms with Crippen molar-refractivity contribution in [3.05, 3.63) is 23.8 Å². The van der Waals surface area contributed by atoms with Gasteiger partial charge in [0.15, 0.2) is 12.4 Å². The Labute approximate surface area is 210 Å². The average molecular weight is 530 g/mol. The van der Waals surface area contributed by atoms with Crippen LogP contribution in [0.5, 0.6) is 5.75 Å². The molecule has 15 heteroatoms. The van der Waals surface area contributed by atoms with Gasteiger partial charge >= 0.3 is 5.97 Å². The largest absolute Gasteiger partial charge is 0.507 e.